The molecule has 0 bridgehead atoms. The first kappa shape index (κ1) is 15.2. The van der Waals surface area contributed by atoms with Crippen molar-refractivity contribution in [3.8, 4) is 11.4 Å². The Morgan fingerprint density at radius 3 is 2.35 bits per heavy atom. The lowest BCUT2D eigenvalue weighted by Gasteiger charge is -2.08. The number of halogens is 1. The molecule has 0 radical (unpaired) electrons. The maximum absolute atomic E-state index is 12.8. The summed E-state index contributed by atoms with van der Waals surface area (Å²) in [5, 5.41) is 0. The van der Waals surface area contributed by atoms with Gasteiger partial charge in [0.05, 0.1) is 5.75 Å². The van der Waals surface area contributed by atoms with Gasteiger partial charge in [0.1, 0.15) is 11.6 Å². The molecule has 0 aliphatic rings. The minimum atomic E-state index is -3.56. The number of nitrogens with zero attached hydrogens (tertiary/aromatic N) is 1. The smallest absolute Gasteiger partial charge is 0.236 e. The Kier molecular flexibility index (Phi) is 4.12. The van der Waals surface area contributed by atoms with Crippen LogP contribution in [0.2, 0.25) is 0 Å². The van der Waals surface area contributed by atoms with Crippen LogP contribution in [0.25, 0.3) is 11.4 Å². The topological polar surface area (TPSA) is 74.8 Å². The van der Waals surface area contributed by atoms with E-state index < -0.39 is 15.8 Å². The first-order chi connectivity index (χ1) is 11.0. The Labute approximate surface area is 133 Å². The molecule has 0 amide bonds. The summed E-state index contributed by atoms with van der Waals surface area (Å²) in [5.41, 5.74) is 1.84. The zero-order chi connectivity index (χ0) is 16.3. The molecule has 1 aromatic heterocycles. The number of anilines is 1. The third-order valence-electron chi connectivity index (χ3n) is 3.20. The monoisotopic (exact) mass is 331 g/mol. The molecule has 3 rings (SSSR count). The summed E-state index contributed by atoms with van der Waals surface area (Å²) in [5.74, 6) is 0.103. The van der Waals surface area contributed by atoms with Crippen LogP contribution in [0.4, 0.5) is 10.1 Å². The van der Waals surface area contributed by atoms with Crippen LogP contribution in [0.15, 0.2) is 60.9 Å². The fourth-order valence-corrected chi connectivity index (χ4v) is 3.33. The molecule has 2 N–H and O–H groups in total. The highest BCUT2D eigenvalue weighted by molar-refractivity contribution is 7.91. The van der Waals surface area contributed by atoms with Crippen LogP contribution in [0.3, 0.4) is 0 Å². The number of hydrogen-bond acceptors (Lipinski definition) is 3. The highest BCUT2D eigenvalue weighted by Crippen LogP contribution is 2.19. The van der Waals surface area contributed by atoms with Crippen molar-refractivity contribution in [3.63, 3.8) is 0 Å². The van der Waals surface area contributed by atoms with Crippen LogP contribution in [0, 0.1) is 5.82 Å². The molecule has 0 unspecified atom stereocenters. The van der Waals surface area contributed by atoms with Gasteiger partial charge in [-0.15, -0.1) is 0 Å². The van der Waals surface area contributed by atoms with Crippen molar-refractivity contribution in [1.82, 2.24) is 9.97 Å². The van der Waals surface area contributed by atoms with E-state index in [0.717, 1.165) is 5.56 Å². The molecule has 0 spiro atoms. The van der Waals surface area contributed by atoms with E-state index in [1.54, 1.807) is 36.7 Å². The van der Waals surface area contributed by atoms with Crippen LogP contribution in [0.1, 0.15) is 5.56 Å². The summed E-state index contributed by atoms with van der Waals surface area (Å²) in [4.78, 5) is 7.11. The molecule has 1 heterocycles. The predicted octanol–water partition coefficient (Wildman–Crippen LogP) is 3.16. The average Bonchev–Trinajstić information content (AvgIpc) is 3.04. The molecule has 23 heavy (non-hydrogen) atoms. The van der Waals surface area contributed by atoms with Crippen molar-refractivity contribution in [3.05, 3.63) is 72.3 Å². The number of H-pyrrole nitrogens is 1. The standard InChI is InChI=1S/C16H14FN3O2S/c17-14-5-1-12(2-6-14)11-23(21,22)20-15-7-3-13(4-8-15)16-18-9-10-19-16/h1-10,20H,11H2,(H,18,19). The minimum absolute atomic E-state index is 0.215. The van der Waals surface area contributed by atoms with E-state index in [-0.39, 0.29) is 5.75 Å². The minimum Gasteiger partial charge on any atom is -0.345 e. The lowest BCUT2D eigenvalue weighted by Crippen LogP contribution is -2.15. The average molecular weight is 331 g/mol. The first-order valence-electron chi connectivity index (χ1n) is 6.87. The van der Waals surface area contributed by atoms with Gasteiger partial charge in [0.15, 0.2) is 0 Å². The fraction of sp³-hybridized carbons (Fsp3) is 0.0625. The van der Waals surface area contributed by atoms with Gasteiger partial charge >= 0.3 is 0 Å². The van der Waals surface area contributed by atoms with E-state index >= 15 is 0 Å². The molecule has 0 atom stereocenters. The second kappa shape index (κ2) is 6.21. The van der Waals surface area contributed by atoms with Gasteiger partial charge in [0.25, 0.3) is 0 Å². The van der Waals surface area contributed by atoms with Gasteiger partial charge in [-0.2, -0.15) is 0 Å². The molecule has 3 aromatic rings. The maximum Gasteiger partial charge on any atom is 0.236 e. The van der Waals surface area contributed by atoms with Gasteiger partial charge < -0.3 is 4.98 Å². The van der Waals surface area contributed by atoms with E-state index in [9.17, 15) is 12.8 Å². The molecule has 0 saturated carbocycles. The van der Waals surface area contributed by atoms with E-state index in [0.29, 0.717) is 17.1 Å². The lowest BCUT2D eigenvalue weighted by molar-refractivity contribution is 0.600. The SMILES string of the molecule is O=S(=O)(Cc1ccc(F)cc1)Nc1ccc(-c2ncc[nH]2)cc1. The van der Waals surface area contributed by atoms with Crippen LogP contribution in [0.5, 0.6) is 0 Å². The van der Waals surface area contributed by atoms with Gasteiger partial charge in [-0.3, -0.25) is 4.72 Å². The summed E-state index contributed by atoms with van der Waals surface area (Å²) < 4.78 is 39.6. The Hall–Kier alpha value is -2.67. The third-order valence-corrected chi connectivity index (χ3v) is 4.46. The summed E-state index contributed by atoms with van der Waals surface area (Å²) in [6, 6.07) is 12.3. The number of aromatic nitrogens is 2. The Morgan fingerprint density at radius 1 is 1.04 bits per heavy atom. The quantitative estimate of drug-likeness (QED) is 0.754. The van der Waals surface area contributed by atoms with E-state index in [1.807, 2.05) is 0 Å². The summed E-state index contributed by atoms with van der Waals surface area (Å²) >= 11 is 0. The number of sulfonamides is 1. The number of hydrogen-bond donors (Lipinski definition) is 2. The summed E-state index contributed by atoms with van der Waals surface area (Å²) in [6.07, 6.45) is 3.36. The van der Waals surface area contributed by atoms with Gasteiger partial charge in [0.2, 0.25) is 10.0 Å². The van der Waals surface area contributed by atoms with Gasteiger partial charge in [-0.1, -0.05) is 12.1 Å². The normalized spacial score (nSPS) is 11.3. The van der Waals surface area contributed by atoms with Crippen LogP contribution < -0.4 is 4.72 Å². The second-order valence-corrected chi connectivity index (χ2v) is 6.73. The Bertz CT molecular complexity index is 874. The largest absolute Gasteiger partial charge is 0.345 e. The molecule has 0 saturated heterocycles. The zero-order valence-electron chi connectivity index (χ0n) is 12.0. The highest BCUT2D eigenvalue weighted by Gasteiger charge is 2.12. The van der Waals surface area contributed by atoms with Crippen molar-refractivity contribution in [2.45, 2.75) is 5.75 Å². The molecule has 0 aliphatic carbocycles. The van der Waals surface area contributed by atoms with Gasteiger partial charge in [-0.25, -0.2) is 17.8 Å². The van der Waals surface area contributed by atoms with Crippen molar-refractivity contribution < 1.29 is 12.8 Å². The third kappa shape index (κ3) is 3.95. The Morgan fingerprint density at radius 2 is 1.74 bits per heavy atom. The number of nitrogens with one attached hydrogen (secondary N) is 2. The summed E-state index contributed by atoms with van der Waals surface area (Å²) in [6.45, 7) is 0. The fourth-order valence-electron chi connectivity index (χ4n) is 2.13. The van der Waals surface area contributed by atoms with Crippen LogP contribution in [-0.2, 0) is 15.8 Å². The molecular formula is C16H14FN3O2S. The van der Waals surface area contributed by atoms with Gasteiger partial charge in [-0.05, 0) is 42.0 Å². The molecule has 5 nitrogen and oxygen atoms in total. The number of imidazole rings is 1. The van der Waals surface area contributed by atoms with E-state index in [1.165, 1.54) is 24.3 Å². The second-order valence-electron chi connectivity index (χ2n) is 5.00. The van der Waals surface area contributed by atoms with E-state index in [2.05, 4.69) is 14.7 Å². The van der Waals surface area contributed by atoms with Crippen molar-refractivity contribution in [1.29, 1.82) is 0 Å². The highest BCUT2D eigenvalue weighted by atomic mass is 32.2. The van der Waals surface area contributed by atoms with Crippen molar-refractivity contribution in [2.24, 2.45) is 0 Å². The van der Waals surface area contributed by atoms with Crippen LogP contribution in [-0.4, -0.2) is 18.4 Å². The lowest BCUT2D eigenvalue weighted by atomic mass is 10.2. The molecule has 7 heteroatoms. The van der Waals surface area contributed by atoms with Crippen molar-refractivity contribution in [2.75, 3.05) is 4.72 Å². The Balaban J connectivity index is 1.71. The predicted molar refractivity (Wildman–Crippen MR) is 86.7 cm³/mol. The molecular weight excluding hydrogens is 317 g/mol. The van der Waals surface area contributed by atoms with Crippen molar-refractivity contribution >= 4 is 15.7 Å². The van der Waals surface area contributed by atoms with Crippen LogP contribution >= 0.6 is 0 Å². The number of aromatic amines is 1. The maximum atomic E-state index is 12.8. The molecule has 118 valence electrons. The zero-order valence-corrected chi connectivity index (χ0v) is 12.8. The molecule has 0 fully saturated rings. The number of benzene rings is 2. The van der Waals surface area contributed by atoms with E-state index in [4.69, 9.17) is 0 Å². The summed E-state index contributed by atoms with van der Waals surface area (Å²) in [7, 11) is -3.56. The first-order valence-corrected chi connectivity index (χ1v) is 8.52. The molecule has 2 aromatic carbocycles. The van der Waals surface area contributed by atoms with Gasteiger partial charge in [0, 0.05) is 23.6 Å². The number of rotatable bonds is 5. The molecule has 0 aliphatic heterocycles.